The fraction of sp³-hybridized carbons (Fsp3) is 0.146. The molecule has 5 aromatic heterocycles. The van der Waals surface area contributed by atoms with E-state index in [-0.39, 0.29) is 43.0 Å². The summed E-state index contributed by atoms with van der Waals surface area (Å²) in [6.45, 7) is 1.98. The topological polar surface area (TPSA) is 87.2 Å². The van der Waals surface area contributed by atoms with Gasteiger partial charge >= 0.3 is 19.5 Å². The maximum Gasteiger partial charge on any atom is 1.00 e. The molecular formula is C41H35F4N6ORu. The number of rotatable bonds is 10. The Kier molecular flexibility index (Phi) is 16.0. The third-order valence-electron chi connectivity index (χ3n) is 7.52. The zero-order chi connectivity index (χ0) is 36.5. The van der Waals surface area contributed by atoms with Gasteiger partial charge in [0.25, 0.3) is 0 Å². The maximum absolute atomic E-state index is 14.8. The van der Waals surface area contributed by atoms with Gasteiger partial charge in [0.05, 0.1) is 40.6 Å². The molecule has 1 aromatic carbocycles. The average molecular weight is 805 g/mol. The third kappa shape index (κ3) is 10.9. The van der Waals surface area contributed by atoms with Crippen molar-refractivity contribution in [2.75, 3.05) is 6.61 Å². The molecule has 0 atom stereocenters. The van der Waals surface area contributed by atoms with Gasteiger partial charge in [0.1, 0.15) is 0 Å². The summed E-state index contributed by atoms with van der Waals surface area (Å²) in [4.78, 5) is 24.8. The Bertz CT molecular complexity index is 1890. The van der Waals surface area contributed by atoms with E-state index in [1.54, 1.807) is 36.9 Å². The Labute approximate surface area is 318 Å². The van der Waals surface area contributed by atoms with Crippen molar-refractivity contribution in [1.82, 2.24) is 24.9 Å². The molecule has 53 heavy (non-hydrogen) atoms. The molecule has 7 nitrogen and oxygen atoms in total. The largest absolute Gasteiger partial charge is 1.00 e. The minimum atomic E-state index is -1.57. The molecule has 1 radical (unpaired) electrons. The van der Waals surface area contributed by atoms with E-state index in [1.807, 2.05) is 79.7 Å². The monoisotopic (exact) mass is 805 g/mol. The summed E-state index contributed by atoms with van der Waals surface area (Å²) in [5.41, 5.74) is 2.99. The number of benzene rings is 1. The van der Waals surface area contributed by atoms with Gasteiger partial charge in [-0.15, -0.1) is 5.69 Å². The van der Waals surface area contributed by atoms with Crippen LogP contribution < -0.4 is 9.72 Å². The van der Waals surface area contributed by atoms with Crippen LogP contribution >= 0.6 is 0 Å². The molecule has 0 aliphatic carbocycles. The maximum atomic E-state index is 14.8. The summed E-state index contributed by atoms with van der Waals surface area (Å²) < 4.78 is 63.8. The van der Waals surface area contributed by atoms with Crippen molar-refractivity contribution < 1.29 is 41.8 Å². The van der Waals surface area contributed by atoms with E-state index in [1.165, 1.54) is 24.6 Å². The number of aromatic nitrogens is 5. The van der Waals surface area contributed by atoms with Crippen LogP contribution in [0.4, 0.5) is 17.6 Å². The zero-order valence-electron chi connectivity index (χ0n) is 28.7. The number of ether oxygens (including phenoxy) is 1. The Balaban J connectivity index is 0.000000205. The van der Waals surface area contributed by atoms with E-state index in [0.717, 1.165) is 42.0 Å². The van der Waals surface area contributed by atoms with Crippen LogP contribution in [0.5, 0.6) is 5.75 Å². The van der Waals surface area contributed by atoms with Crippen molar-refractivity contribution in [1.29, 1.82) is 0 Å². The second kappa shape index (κ2) is 21.0. The number of hydrogen-bond donors (Lipinski definition) is 0. The van der Waals surface area contributed by atoms with E-state index in [0.29, 0.717) is 6.42 Å². The number of nitrogens with zero attached hydrogens (tertiary/aromatic N) is 6. The number of aliphatic imine (C=N–C) groups is 1. The molecule has 1 aliphatic rings. The van der Waals surface area contributed by atoms with E-state index in [4.69, 9.17) is 4.74 Å². The summed E-state index contributed by atoms with van der Waals surface area (Å²) in [7, 11) is 0. The normalized spacial score (nSPS) is 12.2. The average Bonchev–Trinajstić information content (AvgIpc) is 3.95. The Morgan fingerprint density at radius 2 is 1.13 bits per heavy atom. The summed E-state index contributed by atoms with van der Waals surface area (Å²) in [6, 6.07) is 26.2. The molecule has 0 saturated heterocycles. The first-order valence-electron chi connectivity index (χ1n) is 16.7. The van der Waals surface area contributed by atoms with Gasteiger partial charge in [-0.05, 0) is 72.7 Å². The van der Waals surface area contributed by atoms with Gasteiger partial charge in [-0.3, -0.25) is 24.9 Å². The predicted octanol–water partition coefficient (Wildman–Crippen LogP) is 9.84. The van der Waals surface area contributed by atoms with Crippen LogP contribution in [0.3, 0.4) is 0 Å². The molecule has 0 amide bonds. The standard InChI is InChI=1S/C21H19F4N2O.2C10H8N2.Ru/c1-2-3-4-5-12-28-21-19(24)17(22)16(18(23)20(21)25)15(13-8-6-10-26-13)14-9-7-11-27-14;2*1-3-7-11-9(5-1)10-6-2-4-8-12-10;/h6-11H,2-5,12H2,1H3;2*1-8H;/q-1;;;+1/b15-13+;;;. The smallest absolute Gasteiger partial charge is 0.664 e. The SMILES string of the molecule is CCCCCCOc1c(F)c(F)c(/C(=C2\C=CC=N2)c2ccc[n-]2)c(F)c1F.[Ru+].c1ccc(-c2ccccn2)nc1.c1ccc(-c2ccccn2)nc1. The zero-order valence-corrected chi connectivity index (χ0v) is 30.4. The van der Waals surface area contributed by atoms with Gasteiger partial charge in [0, 0.05) is 31.0 Å². The first kappa shape index (κ1) is 40.2. The summed E-state index contributed by atoms with van der Waals surface area (Å²) >= 11 is 0. The Morgan fingerprint density at radius 1 is 0.623 bits per heavy atom. The van der Waals surface area contributed by atoms with Crippen molar-refractivity contribution in [3.63, 3.8) is 0 Å². The van der Waals surface area contributed by atoms with Gasteiger partial charge < -0.3 is 9.72 Å². The van der Waals surface area contributed by atoms with Gasteiger partial charge in [-0.25, -0.2) is 8.78 Å². The van der Waals surface area contributed by atoms with Crippen molar-refractivity contribution in [2.45, 2.75) is 32.6 Å². The van der Waals surface area contributed by atoms with E-state index >= 15 is 0 Å². The fourth-order valence-corrected chi connectivity index (χ4v) is 5.00. The van der Waals surface area contributed by atoms with E-state index < -0.39 is 34.6 Å². The molecule has 0 bridgehead atoms. The fourth-order valence-electron chi connectivity index (χ4n) is 5.00. The summed E-state index contributed by atoms with van der Waals surface area (Å²) in [5, 5.41) is 0. The molecule has 0 unspecified atom stereocenters. The second-order valence-corrected chi connectivity index (χ2v) is 11.1. The van der Waals surface area contributed by atoms with Crippen molar-refractivity contribution >= 4 is 11.8 Å². The first-order chi connectivity index (χ1) is 25.5. The molecule has 1 aliphatic heterocycles. The van der Waals surface area contributed by atoms with Gasteiger partial charge in [0.2, 0.25) is 11.6 Å². The van der Waals surface area contributed by atoms with Gasteiger partial charge in [-0.2, -0.15) is 15.0 Å². The first-order valence-corrected chi connectivity index (χ1v) is 16.7. The second-order valence-electron chi connectivity index (χ2n) is 11.1. The van der Waals surface area contributed by atoms with E-state index in [9.17, 15) is 17.6 Å². The Hall–Kier alpha value is -5.61. The molecule has 0 spiro atoms. The molecule has 12 heteroatoms. The quantitative estimate of drug-likeness (QED) is 0.0594. The van der Waals surface area contributed by atoms with Gasteiger partial charge in [0.15, 0.2) is 17.4 Å². The van der Waals surface area contributed by atoms with E-state index in [2.05, 4.69) is 29.9 Å². The van der Waals surface area contributed by atoms with Crippen LogP contribution in [0, 0.1) is 23.3 Å². The predicted molar refractivity (Wildman–Crippen MR) is 194 cm³/mol. The molecule has 6 heterocycles. The van der Waals surface area contributed by atoms with Crippen LogP contribution in [-0.2, 0) is 19.5 Å². The molecule has 7 rings (SSSR count). The molecule has 0 saturated carbocycles. The van der Waals surface area contributed by atoms with Crippen LogP contribution in [-0.4, -0.2) is 32.8 Å². The van der Waals surface area contributed by atoms with Crippen LogP contribution in [0.15, 0.2) is 139 Å². The van der Waals surface area contributed by atoms with Crippen LogP contribution in [0.25, 0.3) is 28.3 Å². The van der Waals surface area contributed by atoms with Crippen molar-refractivity contribution in [3.05, 3.63) is 168 Å². The van der Waals surface area contributed by atoms with Crippen molar-refractivity contribution in [2.24, 2.45) is 4.99 Å². The Morgan fingerprint density at radius 3 is 1.51 bits per heavy atom. The number of hydrogen-bond acceptors (Lipinski definition) is 6. The molecular weight excluding hydrogens is 770 g/mol. The van der Waals surface area contributed by atoms with Crippen LogP contribution in [0.2, 0.25) is 0 Å². The number of halogens is 4. The molecule has 0 fully saturated rings. The number of pyridine rings is 4. The third-order valence-corrected chi connectivity index (χ3v) is 7.52. The summed E-state index contributed by atoms with van der Waals surface area (Å²) in [6.07, 6.45) is 16.2. The van der Waals surface area contributed by atoms with Gasteiger partial charge in [-0.1, -0.05) is 62.6 Å². The minimum Gasteiger partial charge on any atom is -0.664 e. The van der Waals surface area contributed by atoms with Crippen LogP contribution in [0.1, 0.15) is 43.9 Å². The molecule has 0 N–H and O–H groups in total. The summed E-state index contributed by atoms with van der Waals surface area (Å²) in [5.74, 6) is -7.26. The van der Waals surface area contributed by atoms with Crippen molar-refractivity contribution in [3.8, 4) is 28.5 Å². The molecule has 6 aromatic rings. The minimum absolute atomic E-state index is 0. The molecule has 271 valence electrons. The number of unbranched alkanes of at least 4 members (excludes halogenated alkanes) is 3. The number of allylic oxidation sites excluding steroid dienone is 2.